The molecule has 0 aliphatic carbocycles. The fraction of sp³-hybridized carbons (Fsp3) is 0.161. The summed E-state index contributed by atoms with van der Waals surface area (Å²) in [6, 6.07) is 20.2. The zero-order chi connectivity index (χ0) is 28.8. The lowest BCUT2D eigenvalue weighted by Crippen LogP contribution is -2.16. The number of carbonyl (C=O) groups is 2. The maximum atomic E-state index is 13.0. The van der Waals surface area contributed by atoms with Crippen molar-refractivity contribution in [2.75, 3.05) is 0 Å². The molecule has 4 rings (SSSR count). The smallest absolute Gasteiger partial charge is 0.313 e. The molecule has 4 aromatic carbocycles. The number of phenols is 4. The predicted octanol–water partition coefficient (Wildman–Crippen LogP) is 5.06. The maximum absolute atomic E-state index is 13.0. The predicted molar refractivity (Wildman–Crippen MR) is 146 cm³/mol. The van der Waals surface area contributed by atoms with E-state index >= 15 is 0 Å². The average molecular weight is 545 g/mol. The molecule has 0 fully saturated rings. The van der Waals surface area contributed by atoms with Crippen LogP contribution in [0.4, 0.5) is 0 Å². The second-order valence-electron chi connectivity index (χ2n) is 9.19. The zero-order valence-corrected chi connectivity index (χ0v) is 21.6. The molecule has 9 nitrogen and oxygen atoms in total. The highest BCUT2D eigenvalue weighted by Crippen LogP contribution is 2.56. The van der Waals surface area contributed by atoms with Crippen LogP contribution in [0.1, 0.15) is 25.3 Å². The highest BCUT2D eigenvalue weighted by Gasteiger charge is 2.31. The molecular weight excluding hydrogens is 516 g/mol. The van der Waals surface area contributed by atoms with E-state index in [2.05, 4.69) is 0 Å². The molecule has 0 amide bonds. The number of benzene rings is 4. The molecule has 0 saturated heterocycles. The minimum atomic E-state index is -1.04. The molecule has 0 spiro atoms. The van der Waals surface area contributed by atoms with Gasteiger partial charge in [-0.3, -0.25) is 9.59 Å². The summed E-state index contributed by atoms with van der Waals surface area (Å²) in [4.78, 5) is 25.5. The van der Waals surface area contributed by atoms with Crippen LogP contribution in [0.25, 0.3) is 22.3 Å². The van der Waals surface area contributed by atoms with Crippen LogP contribution in [0, 0.1) is 0 Å². The van der Waals surface area contributed by atoms with Gasteiger partial charge in [0.15, 0.2) is 23.0 Å². The number of phenolic OH excluding ortho intramolecular Hbond substituents is 4. The molecule has 5 N–H and O–H groups in total. The molecule has 0 aliphatic rings. The van der Waals surface area contributed by atoms with E-state index in [9.17, 15) is 35.1 Å². The summed E-state index contributed by atoms with van der Waals surface area (Å²) >= 11 is 0. The Kier molecular flexibility index (Phi) is 8.56. The molecule has 0 aliphatic heterocycles. The Hall–Kier alpha value is -5.02. The first-order valence-corrected chi connectivity index (χ1v) is 12.5. The van der Waals surface area contributed by atoms with Crippen molar-refractivity contribution in [3.05, 3.63) is 84.4 Å². The van der Waals surface area contributed by atoms with E-state index in [4.69, 9.17) is 9.47 Å². The Morgan fingerprint density at radius 3 is 1.57 bits per heavy atom. The summed E-state index contributed by atoms with van der Waals surface area (Å²) in [7, 11) is 0. The van der Waals surface area contributed by atoms with Crippen molar-refractivity contribution in [2.45, 2.75) is 32.3 Å². The Morgan fingerprint density at radius 1 is 0.675 bits per heavy atom. The van der Waals surface area contributed by atoms with Gasteiger partial charge >= 0.3 is 11.9 Å². The largest absolute Gasteiger partial charge is 0.508 e. The van der Waals surface area contributed by atoms with Gasteiger partial charge < -0.3 is 35.0 Å². The van der Waals surface area contributed by atoms with E-state index in [1.165, 1.54) is 55.5 Å². The highest BCUT2D eigenvalue weighted by molar-refractivity contribution is 5.95. The van der Waals surface area contributed by atoms with E-state index in [1.807, 2.05) is 30.3 Å². The standard InChI is InChI=1S/C31H28O9/c1-18(32)17-25(36)40-31-27(21-10-14-23(34)15-11-21)28(37)30(26(29(31)38)20-8-12-22(33)13-9-20)39-24(35)16-7-19-5-3-2-4-6-19/h2-6,8-15,18,32-34,37-38H,7,16-17H2,1H3/t18-/m0/s1. The van der Waals surface area contributed by atoms with E-state index < -0.39 is 41.7 Å². The number of aryl methyl sites for hydroxylation is 1. The summed E-state index contributed by atoms with van der Waals surface area (Å²) < 4.78 is 11.1. The molecular formula is C31H28O9. The molecule has 0 aromatic heterocycles. The third kappa shape index (κ3) is 6.51. The Morgan fingerprint density at radius 2 is 1.12 bits per heavy atom. The summed E-state index contributed by atoms with van der Waals surface area (Å²) in [6.07, 6.45) is -1.12. The molecule has 9 heteroatoms. The second-order valence-corrected chi connectivity index (χ2v) is 9.19. The summed E-state index contributed by atoms with van der Waals surface area (Å²) in [6.45, 7) is 1.39. The quantitative estimate of drug-likeness (QED) is 0.111. The van der Waals surface area contributed by atoms with Crippen LogP contribution < -0.4 is 9.47 Å². The minimum absolute atomic E-state index is 0.0428. The molecule has 0 bridgehead atoms. The molecule has 0 unspecified atom stereocenters. The first kappa shape index (κ1) is 28.0. The van der Waals surface area contributed by atoms with Crippen molar-refractivity contribution < 1.29 is 44.6 Å². The number of ether oxygens (including phenoxy) is 2. The van der Waals surface area contributed by atoms with Crippen molar-refractivity contribution in [1.82, 2.24) is 0 Å². The molecule has 206 valence electrons. The van der Waals surface area contributed by atoms with Gasteiger partial charge in [0.05, 0.1) is 23.7 Å². The fourth-order valence-electron chi connectivity index (χ4n) is 4.12. The van der Waals surface area contributed by atoms with Gasteiger partial charge in [0.2, 0.25) is 0 Å². The van der Waals surface area contributed by atoms with E-state index in [1.54, 1.807) is 0 Å². The first-order chi connectivity index (χ1) is 19.1. The van der Waals surface area contributed by atoms with Crippen molar-refractivity contribution in [2.24, 2.45) is 0 Å². The fourth-order valence-corrected chi connectivity index (χ4v) is 4.12. The van der Waals surface area contributed by atoms with Gasteiger partial charge in [0.1, 0.15) is 11.5 Å². The molecule has 40 heavy (non-hydrogen) atoms. The van der Waals surface area contributed by atoms with Crippen molar-refractivity contribution in [1.29, 1.82) is 0 Å². The number of aliphatic hydroxyl groups excluding tert-OH is 1. The lowest BCUT2D eigenvalue weighted by atomic mass is 9.95. The molecule has 0 heterocycles. The second kappa shape index (κ2) is 12.2. The number of hydrogen-bond donors (Lipinski definition) is 5. The number of hydrogen-bond acceptors (Lipinski definition) is 9. The van der Waals surface area contributed by atoms with Crippen LogP contribution >= 0.6 is 0 Å². The number of rotatable bonds is 9. The summed E-state index contributed by atoms with van der Waals surface area (Å²) in [5.74, 6) is -3.81. The van der Waals surface area contributed by atoms with Crippen molar-refractivity contribution in [3.8, 4) is 56.8 Å². The summed E-state index contributed by atoms with van der Waals surface area (Å²) in [5.41, 5.74) is 1.03. The average Bonchev–Trinajstić information content (AvgIpc) is 2.92. The van der Waals surface area contributed by atoms with Crippen LogP contribution in [-0.2, 0) is 16.0 Å². The van der Waals surface area contributed by atoms with Gasteiger partial charge in [0.25, 0.3) is 0 Å². The maximum Gasteiger partial charge on any atom is 0.313 e. The van der Waals surface area contributed by atoms with Gasteiger partial charge in [0, 0.05) is 6.42 Å². The molecule has 4 aromatic rings. The lowest BCUT2D eigenvalue weighted by Gasteiger charge is -2.21. The third-order valence-electron chi connectivity index (χ3n) is 6.02. The minimum Gasteiger partial charge on any atom is -0.508 e. The summed E-state index contributed by atoms with van der Waals surface area (Å²) in [5, 5.41) is 52.2. The van der Waals surface area contributed by atoms with Crippen LogP contribution in [0.5, 0.6) is 34.5 Å². The van der Waals surface area contributed by atoms with Gasteiger partial charge in [-0.25, -0.2) is 0 Å². The molecule has 0 radical (unpaired) electrons. The normalized spacial score (nSPS) is 11.6. The Balaban J connectivity index is 1.88. The number of aliphatic hydroxyl groups is 1. The van der Waals surface area contributed by atoms with Gasteiger partial charge in [-0.15, -0.1) is 0 Å². The number of carbonyl (C=O) groups excluding carboxylic acids is 2. The van der Waals surface area contributed by atoms with Crippen LogP contribution in [-0.4, -0.2) is 43.6 Å². The monoisotopic (exact) mass is 544 g/mol. The third-order valence-corrected chi connectivity index (χ3v) is 6.02. The lowest BCUT2D eigenvalue weighted by molar-refractivity contribution is -0.136. The topological polar surface area (TPSA) is 154 Å². The van der Waals surface area contributed by atoms with Gasteiger partial charge in [-0.1, -0.05) is 54.6 Å². The van der Waals surface area contributed by atoms with Crippen LogP contribution in [0.3, 0.4) is 0 Å². The van der Waals surface area contributed by atoms with Gasteiger partial charge in [-0.2, -0.15) is 0 Å². The molecule has 1 atom stereocenters. The van der Waals surface area contributed by atoms with Gasteiger partial charge in [-0.05, 0) is 54.3 Å². The van der Waals surface area contributed by atoms with E-state index in [-0.39, 0.29) is 45.9 Å². The number of esters is 2. The molecule has 0 saturated carbocycles. The van der Waals surface area contributed by atoms with E-state index in [0.29, 0.717) is 6.42 Å². The van der Waals surface area contributed by atoms with Crippen LogP contribution in [0.15, 0.2) is 78.9 Å². The first-order valence-electron chi connectivity index (χ1n) is 12.5. The number of aromatic hydroxyl groups is 4. The Bertz CT molecular complexity index is 1490. The van der Waals surface area contributed by atoms with Crippen molar-refractivity contribution in [3.63, 3.8) is 0 Å². The zero-order valence-electron chi connectivity index (χ0n) is 21.6. The Labute approximate surface area is 230 Å². The van der Waals surface area contributed by atoms with E-state index in [0.717, 1.165) is 5.56 Å². The SMILES string of the molecule is C[C@H](O)CC(=O)Oc1c(O)c(-c2ccc(O)cc2)c(OC(=O)CCc2ccccc2)c(O)c1-c1ccc(O)cc1. The van der Waals surface area contributed by atoms with Crippen LogP contribution in [0.2, 0.25) is 0 Å². The van der Waals surface area contributed by atoms with Crippen molar-refractivity contribution >= 4 is 11.9 Å². The highest BCUT2D eigenvalue weighted by atomic mass is 16.6.